The highest BCUT2D eigenvalue weighted by molar-refractivity contribution is 4.75. The highest BCUT2D eigenvalue weighted by Gasteiger charge is 2.15. The lowest BCUT2D eigenvalue weighted by molar-refractivity contribution is 0.204. The number of likely N-dealkylation sites (N-methyl/N-ethyl adjacent to an activating group) is 2. The number of hydrogen-bond donors (Lipinski definition) is 1. The summed E-state index contributed by atoms with van der Waals surface area (Å²) in [6.07, 6.45) is 2.71. The Labute approximate surface area is 63.6 Å². The smallest absolute Gasteiger partial charge is 0.0192 e. The van der Waals surface area contributed by atoms with E-state index in [4.69, 9.17) is 0 Å². The van der Waals surface area contributed by atoms with Crippen molar-refractivity contribution in [1.29, 1.82) is 0 Å². The number of rotatable bonds is 2. The molecule has 0 aromatic heterocycles. The molecule has 1 saturated heterocycles. The van der Waals surface area contributed by atoms with Gasteiger partial charge >= 0.3 is 0 Å². The van der Waals surface area contributed by atoms with Crippen LogP contribution >= 0.6 is 0 Å². The topological polar surface area (TPSA) is 15.3 Å². The summed E-state index contributed by atoms with van der Waals surface area (Å²) >= 11 is 0. The Morgan fingerprint density at radius 1 is 1.60 bits per heavy atom. The van der Waals surface area contributed by atoms with E-state index in [0.717, 1.165) is 6.04 Å². The molecule has 0 amide bonds. The molecule has 1 heterocycles. The fourth-order valence-electron chi connectivity index (χ4n) is 1.58. The van der Waals surface area contributed by atoms with Gasteiger partial charge in [0, 0.05) is 12.6 Å². The van der Waals surface area contributed by atoms with E-state index in [9.17, 15) is 0 Å². The van der Waals surface area contributed by atoms with Crippen LogP contribution in [0.5, 0.6) is 0 Å². The molecule has 0 aromatic carbocycles. The molecule has 1 unspecified atom stereocenters. The van der Waals surface area contributed by atoms with Crippen LogP contribution < -0.4 is 5.32 Å². The van der Waals surface area contributed by atoms with Crippen LogP contribution in [0, 0.1) is 0 Å². The molecule has 1 aliphatic heterocycles. The van der Waals surface area contributed by atoms with Crippen molar-refractivity contribution in [2.75, 3.05) is 26.7 Å². The maximum atomic E-state index is 3.33. The Bertz CT molecular complexity index is 83.3. The van der Waals surface area contributed by atoms with E-state index in [1.54, 1.807) is 0 Å². The number of hydrogen-bond acceptors (Lipinski definition) is 2. The largest absolute Gasteiger partial charge is 0.316 e. The fraction of sp³-hybridized carbons (Fsp3) is 1.00. The molecule has 1 atom stereocenters. The molecular weight excluding hydrogens is 124 g/mol. The summed E-state index contributed by atoms with van der Waals surface area (Å²) in [6, 6.07) is 0.744. The second-order valence-corrected chi connectivity index (χ2v) is 3.02. The quantitative estimate of drug-likeness (QED) is 0.610. The van der Waals surface area contributed by atoms with E-state index < -0.39 is 0 Å². The van der Waals surface area contributed by atoms with Crippen LogP contribution in [0.2, 0.25) is 0 Å². The molecule has 2 nitrogen and oxygen atoms in total. The summed E-state index contributed by atoms with van der Waals surface area (Å²) in [5, 5.41) is 3.33. The molecule has 0 spiro atoms. The first kappa shape index (κ1) is 8.02. The average molecular weight is 142 g/mol. The highest BCUT2D eigenvalue weighted by Crippen LogP contribution is 2.08. The summed E-state index contributed by atoms with van der Waals surface area (Å²) in [6.45, 7) is 5.98. The van der Waals surface area contributed by atoms with Crippen LogP contribution in [-0.2, 0) is 0 Å². The molecule has 0 aromatic rings. The van der Waals surface area contributed by atoms with Crippen LogP contribution in [0.3, 0.4) is 0 Å². The van der Waals surface area contributed by atoms with Crippen LogP contribution in [0.4, 0.5) is 0 Å². The maximum Gasteiger partial charge on any atom is 0.0192 e. The zero-order chi connectivity index (χ0) is 7.40. The molecule has 0 aliphatic carbocycles. The Morgan fingerprint density at radius 2 is 2.40 bits per heavy atom. The van der Waals surface area contributed by atoms with Crippen LogP contribution in [0.15, 0.2) is 0 Å². The van der Waals surface area contributed by atoms with Crippen molar-refractivity contribution in [2.24, 2.45) is 0 Å². The highest BCUT2D eigenvalue weighted by atomic mass is 15.1. The standard InChI is InChI=1S/C8H18N2/c1-3-10-6-4-5-8(7-10)9-2/h8-9H,3-7H2,1-2H3. The third-order valence-electron chi connectivity index (χ3n) is 2.36. The van der Waals surface area contributed by atoms with Gasteiger partial charge in [-0.25, -0.2) is 0 Å². The van der Waals surface area contributed by atoms with Crippen molar-refractivity contribution >= 4 is 0 Å². The van der Waals surface area contributed by atoms with Crippen LogP contribution in [0.1, 0.15) is 19.8 Å². The van der Waals surface area contributed by atoms with Gasteiger partial charge in [0.1, 0.15) is 0 Å². The molecule has 60 valence electrons. The first-order valence-corrected chi connectivity index (χ1v) is 4.26. The zero-order valence-electron chi connectivity index (χ0n) is 7.06. The van der Waals surface area contributed by atoms with Crippen LogP contribution in [-0.4, -0.2) is 37.6 Å². The van der Waals surface area contributed by atoms with Gasteiger partial charge in [-0.3, -0.25) is 0 Å². The number of piperidine rings is 1. The van der Waals surface area contributed by atoms with Crippen molar-refractivity contribution in [2.45, 2.75) is 25.8 Å². The summed E-state index contributed by atoms with van der Waals surface area (Å²) in [7, 11) is 2.06. The van der Waals surface area contributed by atoms with Crippen molar-refractivity contribution in [3.05, 3.63) is 0 Å². The van der Waals surface area contributed by atoms with E-state index >= 15 is 0 Å². The van der Waals surface area contributed by atoms with E-state index in [1.165, 1.54) is 32.5 Å². The normalized spacial score (nSPS) is 28.8. The predicted octanol–water partition coefficient (Wildman–Crippen LogP) is 0.690. The molecule has 2 heteroatoms. The van der Waals surface area contributed by atoms with Gasteiger partial charge in [-0.15, -0.1) is 0 Å². The van der Waals surface area contributed by atoms with Gasteiger partial charge < -0.3 is 10.2 Å². The number of nitrogens with zero attached hydrogens (tertiary/aromatic N) is 1. The van der Waals surface area contributed by atoms with Gasteiger partial charge in [0.2, 0.25) is 0 Å². The summed E-state index contributed by atoms with van der Waals surface area (Å²) in [5.41, 5.74) is 0. The third-order valence-corrected chi connectivity index (χ3v) is 2.36. The molecule has 1 fully saturated rings. The fourth-order valence-corrected chi connectivity index (χ4v) is 1.58. The Hall–Kier alpha value is -0.0800. The molecule has 0 saturated carbocycles. The lowest BCUT2D eigenvalue weighted by Gasteiger charge is -2.31. The minimum absolute atomic E-state index is 0.744. The SMILES string of the molecule is CCN1CCCC(NC)C1. The first-order valence-electron chi connectivity index (χ1n) is 4.26. The Kier molecular flexibility index (Phi) is 3.16. The summed E-state index contributed by atoms with van der Waals surface area (Å²) in [4.78, 5) is 2.50. The molecule has 10 heavy (non-hydrogen) atoms. The van der Waals surface area contributed by atoms with E-state index in [1.807, 2.05) is 0 Å². The van der Waals surface area contributed by atoms with Crippen LogP contribution in [0.25, 0.3) is 0 Å². The average Bonchev–Trinajstić information content (AvgIpc) is 2.05. The van der Waals surface area contributed by atoms with Crippen molar-refractivity contribution < 1.29 is 0 Å². The molecular formula is C8H18N2. The van der Waals surface area contributed by atoms with Crippen molar-refractivity contribution in [1.82, 2.24) is 10.2 Å². The minimum Gasteiger partial charge on any atom is -0.316 e. The van der Waals surface area contributed by atoms with Gasteiger partial charge in [0.15, 0.2) is 0 Å². The van der Waals surface area contributed by atoms with E-state index in [0.29, 0.717) is 0 Å². The maximum absolute atomic E-state index is 3.33. The number of likely N-dealkylation sites (tertiary alicyclic amines) is 1. The Balaban J connectivity index is 2.25. The number of nitrogens with one attached hydrogen (secondary N) is 1. The molecule has 0 bridgehead atoms. The molecule has 1 aliphatic rings. The lowest BCUT2D eigenvalue weighted by atomic mass is 10.1. The van der Waals surface area contributed by atoms with Gasteiger partial charge in [-0.2, -0.15) is 0 Å². The lowest BCUT2D eigenvalue weighted by Crippen LogP contribution is -2.44. The molecule has 0 radical (unpaired) electrons. The van der Waals surface area contributed by atoms with E-state index in [2.05, 4.69) is 24.2 Å². The Morgan fingerprint density at radius 3 is 3.00 bits per heavy atom. The second kappa shape index (κ2) is 3.94. The van der Waals surface area contributed by atoms with Gasteiger partial charge in [-0.1, -0.05) is 6.92 Å². The second-order valence-electron chi connectivity index (χ2n) is 3.02. The van der Waals surface area contributed by atoms with Gasteiger partial charge in [0.25, 0.3) is 0 Å². The van der Waals surface area contributed by atoms with Gasteiger partial charge in [0.05, 0.1) is 0 Å². The van der Waals surface area contributed by atoms with E-state index in [-0.39, 0.29) is 0 Å². The third kappa shape index (κ3) is 1.96. The molecule has 1 rings (SSSR count). The van der Waals surface area contributed by atoms with Gasteiger partial charge in [-0.05, 0) is 33.0 Å². The van der Waals surface area contributed by atoms with Crippen molar-refractivity contribution in [3.8, 4) is 0 Å². The minimum atomic E-state index is 0.744. The monoisotopic (exact) mass is 142 g/mol. The van der Waals surface area contributed by atoms with Crippen molar-refractivity contribution in [3.63, 3.8) is 0 Å². The first-order chi connectivity index (χ1) is 4.86. The summed E-state index contributed by atoms with van der Waals surface area (Å²) < 4.78 is 0. The predicted molar refractivity (Wildman–Crippen MR) is 44.2 cm³/mol. The summed E-state index contributed by atoms with van der Waals surface area (Å²) in [5.74, 6) is 0. The molecule has 1 N–H and O–H groups in total. The zero-order valence-corrected chi connectivity index (χ0v) is 7.06.